The van der Waals surface area contributed by atoms with Crippen LogP contribution in [0, 0.1) is 0 Å². The number of hydrogen-bond acceptors (Lipinski definition) is 4. The summed E-state index contributed by atoms with van der Waals surface area (Å²) in [5.74, 6) is -1.94. The van der Waals surface area contributed by atoms with Crippen molar-refractivity contribution in [2.24, 2.45) is 0 Å². The summed E-state index contributed by atoms with van der Waals surface area (Å²) in [6.45, 7) is 0. The molecule has 1 aliphatic rings. The van der Waals surface area contributed by atoms with Crippen LogP contribution in [0.1, 0.15) is 17.5 Å². The first-order valence-electron chi connectivity index (χ1n) is 7.75. The van der Waals surface area contributed by atoms with Crippen LogP contribution in [0.5, 0.6) is 5.75 Å². The van der Waals surface area contributed by atoms with Crippen molar-refractivity contribution in [2.45, 2.75) is 29.6 Å². The second kappa shape index (κ2) is 6.54. The zero-order valence-electron chi connectivity index (χ0n) is 13.7. The predicted molar refractivity (Wildman–Crippen MR) is 87.5 cm³/mol. The minimum atomic E-state index is -4.90. The molecule has 0 aliphatic heterocycles. The van der Waals surface area contributed by atoms with Gasteiger partial charge >= 0.3 is 12.3 Å². The summed E-state index contributed by atoms with van der Waals surface area (Å²) in [5, 5.41) is 9.72. The molecule has 2 aromatic rings. The number of rotatable bonds is 5. The van der Waals surface area contributed by atoms with Gasteiger partial charge in [0.15, 0.2) is 5.54 Å². The molecule has 0 aromatic heterocycles. The molecule has 1 aliphatic carbocycles. The van der Waals surface area contributed by atoms with Crippen LogP contribution in [0.2, 0.25) is 0 Å². The number of fused-ring (bicyclic) bond motifs is 1. The maximum Gasteiger partial charge on any atom is 0.573 e. The Labute approximate surface area is 152 Å². The molecule has 3 rings (SSSR count). The van der Waals surface area contributed by atoms with Crippen LogP contribution in [0.15, 0.2) is 53.4 Å². The van der Waals surface area contributed by atoms with E-state index in [0.717, 1.165) is 29.8 Å². The molecule has 1 atom stereocenters. The van der Waals surface area contributed by atoms with Gasteiger partial charge in [-0.15, -0.1) is 13.2 Å². The van der Waals surface area contributed by atoms with Gasteiger partial charge in [0.1, 0.15) is 5.75 Å². The second-order valence-corrected chi connectivity index (χ2v) is 7.67. The highest BCUT2D eigenvalue weighted by atomic mass is 32.2. The van der Waals surface area contributed by atoms with E-state index in [1.54, 1.807) is 24.3 Å². The average Bonchev–Trinajstić information content (AvgIpc) is 2.94. The average molecular weight is 401 g/mol. The molecule has 0 saturated heterocycles. The fourth-order valence-corrected chi connectivity index (χ4v) is 4.46. The van der Waals surface area contributed by atoms with Crippen LogP contribution < -0.4 is 9.46 Å². The third-order valence-corrected chi connectivity index (χ3v) is 5.80. The Hall–Kier alpha value is -2.59. The number of benzene rings is 2. The molecule has 144 valence electrons. The Bertz CT molecular complexity index is 973. The Kier molecular flexibility index (Phi) is 4.64. The lowest BCUT2D eigenvalue weighted by molar-refractivity contribution is -0.274. The minimum Gasteiger partial charge on any atom is -0.480 e. The Balaban J connectivity index is 1.92. The van der Waals surface area contributed by atoms with Crippen LogP contribution in [0.25, 0.3) is 0 Å². The monoisotopic (exact) mass is 401 g/mol. The first-order chi connectivity index (χ1) is 12.5. The van der Waals surface area contributed by atoms with Crippen LogP contribution in [0.3, 0.4) is 0 Å². The third-order valence-electron chi connectivity index (χ3n) is 4.29. The van der Waals surface area contributed by atoms with Crippen LogP contribution in [-0.4, -0.2) is 25.9 Å². The van der Waals surface area contributed by atoms with Crippen molar-refractivity contribution in [1.82, 2.24) is 4.72 Å². The standard InChI is InChI=1S/C17H14F3NO5S/c18-17(19,20)26-12-5-7-13(8-6-12)27(24,25)21-16(15(22)23)10-9-11-3-1-2-4-14(11)16/h1-8,21H,9-10H2,(H,22,23)/t16-/m0/s1. The highest BCUT2D eigenvalue weighted by molar-refractivity contribution is 7.89. The summed E-state index contributed by atoms with van der Waals surface area (Å²) in [6.07, 6.45) is -4.50. The zero-order valence-corrected chi connectivity index (χ0v) is 14.5. The molecule has 0 spiro atoms. The molecule has 0 radical (unpaired) electrons. The molecule has 6 nitrogen and oxygen atoms in total. The Morgan fingerprint density at radius 3 is 2.33 bits per heavy atom. The summed E-state index contributed by atoms with van der Waals surface area (Å²) in [7, 11) is -4.32. The summed E-state index contributed by atoms with van der Waals surface area (Å²) in [6, 6.07) is 10.1. The number of carbonyl (C=O) groups is 1. The van der Waals surface area contributed by atoms with Gasteiger partial charge in [0.2, 0.25) is 10.0 Å². The molecule has 27 heavy (non-hydrogen) atoms. The van der Waals surface area contributed by atoms with Crippen molar-refractivity contribution in [2.75, 3.05) is 0 Å². The van der Waals surface area contributed by atoms with Gasteiger partial charge in [-0.1, -0.05) is 24.3 Å². The Morgan fingerprint density at radius 1 is 1.11 bits per heavy atom. The second-order valence-electron chi connectivity index (χ2n) is 5.99. The highest BCUT2D eigenvalue weighted by Crippen LogP contribution is 2.38. The number of nitrogens with one attached hydrogen (secondary N) is 1. The molecular weight excluding hydrogens is 387 g/mol. The van der Waals surface area contributed by atoms with E-state index >= 15 is 0 Å². The van der Waals surface area contributed by atoms with E-state index in [9.17, 15) is 31.5 Å². The minimum absolute atomic E-state index is 0.0240. The topological polar surface area (TPSA) is 92.7 Å². The van der Waals surface area contributed by atoms with E-state index in [4.69, 9.17) is 0 Å². The lowest BCUT2D eigenvalue weighted by Gasteiger charge is -2.26. The van der Waals surface area contributed by atoms with Crippen molar-refractivity contribution in [3.05, 3.63) is 59.7 Å². The number of carboxylic acid groups (broad SMARTS) is 1. The molecule has 0 saturated carbocycles. The van der Waals surface area contributed by atoms with Crippen LogP contribution in [-0.2, 0) is 26.8 Å². The number of sulfonamides is 1. The molecule has 0 heterocycles. The quantitative estimate of drug-likeness (QED) is 0.804. The van der Waals surface area contributed by atoms with Crippen LogP contribution in [0.4, 0.5) is 13.2 Å². The molecular formula is C17H14F3NO5S. The van der Waals surface area contributed by atoms with Gasteiger partial charge in [-0.3, -0.25) is 0 Å². The number of aliphatic carboxylic acids is 1. The van der Waals surface area contributed by atoms with Crippen molar-refractivity contribution in [3.63, 3.8) is 0 Å². The number of halogens is 3. The number of carboxylic acids is 1. The van der Waals surface area contributed by atoms with Gasteiger partial charge in [-0.2, -0.15) is 4.72 Å². The fourth-order valence-electron chi connectivity index (χ4n) is 3.09. The molecule has 10 heteroatoms. The lowest BCUT2D eigenvalue weighted by Crippen LogP contribution is -2.50. The molecule has 0 bridgehead atoms. The number of ether oxygens (including phenoxy) is 1. The van der Waals surface area contributed by atoms with Crippen molar-refractivity contribution in [1.29, 1.82) is 0 Å². The largest absolute Gasteiger partial charge is 0.573 e. The molecule has 0 amide bonds. The molecule has 0 fully saturated rings. The SMILES string of the molecule is O=C(O)[C@]1(NS(=O)(=O)c2ccc(OC(F)(F)F)cc2)CCc2ccccc21. The first-order valence-corrected chi connectivity index (χ1v) is 9.23. The maximum absolute atomic E-state index is 12.7. The van der Waals surface area contributed by atoms with E-state index < -0.39 is 33.6 Å². The van der Waals surface area contributed by atoms with E-state index in [1.807, 2.05) is 0 Å². The molecule has 0 unspecified atom stereocenters. The first kappa shape index (κ1) is 19.2. The van der Waals surface area contributed by atoms with Gasteiger partial charge < -0.3 is 9.84 Å². The predicted octanol–water partition coefficient (Wildman–Crippen LogP) is 2.79. The van der Waals surface area contributed by atoms with Gasteiger partial charge in [0, 0.05) is 0 Å². The summed E-state index contributed by atoms with van der Waals surface area (Å²) < 4.78 is 67.9. The molecule has 2 N–H and O–H groups in total. The van der Waals surface area contributed by atoms with Gasteiger partial charge in [-0.25, -0.2) is 13.2 Å². The summed E-state index contributed by atoms with van der Waals surface area (Å²) in [4.78, 5) is 11.6. The van der Waals surface area contributed by atoms with Gasteiger partial charge in [-0.05, 0) is 48.2 Å². The van der Waals surface area contributed by atoms with Crippen molar-refractivity contribution in [3.8, 4) is 5.75 Å². The number of alkyl halides is 3. The summed E-state index contributed by atoms with van der Waals surface area (Å²) in [5.41, 5.74) is -0.772. The van der Waals surface area contributed by atoms with Crippen LogP contribution >= 0.6 is 0 Å². The highest BCUT2D eigenvalue weighted by Gasteiger charge is 2.48. The van der Waals surface area contributed by atoms with Gasteiger partial charge in [0.05, 0.1) is 4.90 Å². The smallest absolute Gasteiger partial charge is 0.480 e. The number of hydrogen-bond donors (Lipinski definition) is 2. The van der Waals surface area contributed by atoms with E-state index in [-0.39, 0.29) is 11.3 Å². The number of aryl methyl sites for hydroxylation is 1. The van der Waals surface area contributed by atoms with E-state index in [0.29, 0.717) is 12.0 Å². The van der Waals surface area contributed by atoms with Crippen molar-refractivity contribution < 1.29 is 36.2 Å². The normalized spacial score (nSPS) is 19.5. The molecule has 2 aromatic carbocycles. The summed E-state index contributed by atoms with van der Waals surface area (Å²) >= 11 is 0. The third kappa shape index (κ3) is 3.76. The fraction of sp³-hybridized carbons (Fsp3) is 0.235. The maximum atomic E-state index is 12.7. The van der Waals surface area contributed by atoms with E-state index in [1.165, 1.54) is 0 Å². The zero-order chi connectivity index (χ0) is 19.9. The van der Waals surface area contributed by atoms with E-state index in [2.05, 4.69) is 9.46 Å². The lowest BCUT2D eigenvalue weighted by atomic mass is 9.93. The van der Waals surface area contributed by atoms with Crippen molar-refractivity contribution >= 4 is 16.0 Å². The Morgan fingerprint density at radius 2 is 1.74 bits per heavy atom. The van der Waals surface area contributed by atoms with Gasteiger partial charge in [0.25, 0.3) is 0 Å².